The summed E-state index contributed by atoms with van der Waals surface area (Å²) in [7, 11) is 1.70. The predicted octanol–water partition coefficient (Wildman–Crippen LogP) is 2.59. The Kier molecular flexibility index (Phi) is 4.58. The zero-order chi connectivity index (χ0) is 17.2. The van der Waals surface area contributed by atoms with Crippen molar-refractivity contribution < 1.29 is 14.4 Å². The maximum absolute atomic E-state index is 13.5. The second-order valence-corrected chi connectivity index (χ2v) is 7.41. The summed E-state index contributed by atoms with van der Waals surface area (Å²) in [6.07, 6.45) is 2.49. The number of rotatable bonds is 5. The molecule has 0 radical (unpaired) electrons. The Morgan fingerprint density at radius 2 is 1.72 bits per heavy atom. The molecule has 2 aromatic rings. The van der Waals surface area contributed by atoms with E-state index in [2.05, 4.69) is 6.07 Å². The molecule has 0 aliphatic carbocycles. The maximum atomic E-state index is 13.5. The standard InChI is InChI=1S/C22H25NO2/c1-25-20-10-6-5-9-18(20)21(22(24)17-7-3-2-4-8-17)19-15-23-13-11-16(19)12-14-23/h2-10,16,19,21H,11-15H2,1H3/p+1/t19-,21-/m0/s1. The molecule has 130 valence electrons. The third kappa shape index (κ3) is 3.09. The lowest BCUT2D eigenvalue weighted by atomic mass is 9.68. The first-order valence-electron chi connectivity index (χ1n) is 9.33. The van der Waals surface area contributed by atoms with Crippen molar-refractivity contribution in [3.05, 3.63) is 65.7 Å². The molecular weight excluding hydrogens is 310 g/mol. The largest absolute Gasteiger partial charge is 0.496 e. The Balaban J connectivity index is 1.77. The Bertz CT molecular complexity index is 735. The van der Waals surface area contributed by atoms with E-state index in [1.165, 1.54) is 25.9 Å². The Labute approximate surface area is 149 Å². The fraction of sp³-hybridized carbons (Fsp3) is 0.409. The predicted molar refractivity (Wildman–Crippen MR) is 98.3 cm³/mol. The molecule has 3 aliphatic rings. The minimum atomic E-state index is -0.112. The number of methoxy groups -OCH3 is 1. The van der Waals surface area contributed by atoms with Crippen LogP contribution in [-0.2, 0) is 0 Å². The summed E-state index contributed by atoms with van der Waals surface area (Å²) in [5, 5.41) is 0. The van der Waals surface area contributed by atoms with Crippen molar-refractivity contribution in [3.8, 4) is 5.75 Å². The molecule has 0 aromatic heterocycles. The van der Waals surface area contributed by atoms with Crippen LogP contribution in [0.3, 0.4) is 0 Å². The van der Waals surface area contributed by atoms with Gasteiger partial charge in [-0.05, 0) is 12.0 Å². The van der Waals surface area contributed by atoms with E-state index in [1.54, 1.807) is 12.0 Å². The lowest BCUT2D eigenvalue weighted by Crippen LogP contribution is -3.16. The smallest absolute Gasteiger partial charge is 0.170 e. The molecule has 3 fully saturated rings. The topological polar surface area (TPSA) is 30.7 Å². The van der Waals surface area contributed by atoms with Crippen molar-refractivity contribution in [3.63, 3.8) is 0 Å². The van der Waals surface area contributed by atoms with Gasteiger partial charge in [0, 0.05) is 29.9 Å². The van der Waals surface area contributed by atoms with E-state index in [4.69, 9.17) is 4.74 Å². The summed E-state index contributed by atoms with van der Waals surface area (Å²) in [5.41, 5.74) is 1.86. The highest BCUT2D eigenvalue weighted by Gasteiger charge is 2.45. The molecule has 3 heterocycles. The van der Waals surface area contributed by atoms with Crippen LogP contribution in [0.4, 0.5) is 0 Å². The maximum Gasteiger partial charge on any atom is 0.170 e. The highest BCUT2D eigenvalue weighted by atomic mass is 16.5. The van der Waals surface area contributed by atoms with Crippen molar-refractivity contribution in [2.45, 2.75) is 18.8 Å². The van der Waals surface area contributed by atoms with Crippen LogP contribution in [0, 0.1) is 11.8 Å². The summed E-state index contributed by atoms with van der Waals surface area (Å²) < 4.78 is 5.62. The minimum Gasteiger partial charge on any atom is -0.496 e. The number of piperidine rings is 3. The summed E-state index contributed by atoms with van der Waals surface area (Å²) in [5.74, 6) is 2.02. The van der Waals surface area contributed by atoms with Crippen molar-refractivity contribution in [2.75, 3.05) is 26.7 Å². The van der Waals surface area contributed by atoms with Crippen molar-refractivity contribution in [2.24, 2.45) is 11.8 Å². The molecule has 2 bridgehead atoms. The number of Topliss-reactive ketones (excluding diaryl/α,β-unsaturated/α-hetero) is 1. The van der Waals surface area contributed by atoms with Gasteiger partial charge in [0.1, 0.15) is 5.75 Å². The number of carbonyl (C=O) groups is 1. The molecule has 2 aromatic carbocycles. The Morgan fingerprint density at radius 1 is 1.04 bits per heavy atom. The summed E-state index contributed by atoms with van der Waals surface area (Å²) in [4.78, 5) is 15.2. The Hall–Kier alpha value is -2.13. The van der Waals surface area contributed by atoms with Crippen LogP contribution in [0.1, 0.15) is 34.7 Å². The van der Waals surface area contributed by atoms with Gasteiger partial charge in [-0.3, -0.25) is 4.79 Å². The van der Waals surface area contributed by atoms with E-state index < -0.39 is 0 Å². The van der Waals surface area contributed by atoms with E-state index in [0.717, 1.165) is 23.4 Å². The number of fused-ring (bicyclic) bond motifs is 3. The zero-order valence-corrected chi connectivity index (χ0v) is 14.8. The summed E-state index contributed by atoms with van der Waals surface area (Å²) >= 11 is 0. The van der Waals surface area contributed by atoms with Crippen LogP contribution in [0.2, 0.25) is 0 Å². The average molecular weight is 336 g/mol. The van der Waals surface area contributed by atoms with Gasteiger partial charge >= 0.3 is 0 Å². The third-order valence-electron chi connectivity index (χ3n) is 6.11. The zero-order valence-electron chi connectivity index (χ0n) is 14.8. The Morgan fingerprint density at radius 3 is 2.36 bits per heavy atom. The van der Waals surface area contributed by atoms with Crippen LogP contribution in [0.5, 0.6) is 5.75 Å². The number of hydrogen-bond acceptors (Lipinski definition) is 2. The van der Waals surface area contributed by atoms with Crippen molar-refractivity contribution in [1.82, 2.24) is 0 Å². The van der Waals surface area contributed by atoms with E-state index >= 15 is 0 Å². The second kappa shape index (κ2) is 7.01. The highest BCUT2D eigenvalue weighted by Crippen LogP contribution is 2.41. The van der Waals surface area contributed by atoms with Gasteiger partial charge in [0.25, 0.3) is 0 Å². The number of carbonyl (C=O) groups excluding carboxylic acids is 1. The average Bonchev–Trinajstić information content (AvgIpc) is 2.70. The molecule has 3 saturated heterocycles. The van der Waals surface area contributed by atoms with Crippen molar-refractivity contribution >= 4 is 5.78 Å². The molecule has 0 spiro atoms. The first-order valence-corrected chi connectivity index (χ1v) is 9.33. The van der Waals surface area contributed by atoms with Crippen LogP contribution in [-0.4, -0.2) is 32.5 Å². The summed E-state index contributed by atoms with van der Waals surface area (Å²) in [6.45, 7) is 3.63. The SMILES string of the molecule is COc1ccccc1[C@H](C(=O)c1ccccc1)[C@H]1C[NH+]2CCC1CC2. The van der Waals surface area contributed by atoms with Crippen LogP contribution in [0.25, 0.3) is 0 Å². The second-order valence-electron chi connectivity index (χ2n) is 7.41. The van der Waals surface area contributed by atoms with E-state index in [1.807, 2.05) is 48.5 Å². The first kappa shape index (κ1) is 16.3. The molecule has 5 rings (SSSR count). The van der Waals surface area contributed by atoms with Gasteiger partial charge in [-0.25, -0.2) is 0 Å². The van der Waals surface area contributed by atoms with Gasteiger partial charge in [0.2, 0.25) is 0 Å². The van der Waals surface area contributed by atoms with Gasteiger partial charge in [-0.2, -0.15) is 0 Å². The lowest BCUT2D eigenvalue weighted by Gasteiger charge is -2.44. The first-order chi connectivity index (χ1) is 12.3. The molecule has 0 amide bonds. The monoisotopic (exact) mass is 336 g/mol. The number of hydrogen-bond donors (Lipinski definition) is 1. The lowest BCUT2D eigenvalue weighted by molar-refractivity contribution is -0.921. The number of ketones is 1. The van der Waals surface area contributed by atoms with Crippen LogP contribution < -0.4 is 9.64 Å². The fourth-order valence-electron chi connectivity index (χ4n) is 4.84. The molecular formula is C22H26NO2+. The molecule has 2 atom stereocenters. The molecule has 1 N–H and O–H groups in total. The normalized spacial score (nSPS) is 26.2. The summed E-state index contributed by atoms with van der Waals surface area (Å²) in [6, 6.07) is 17.8. The fourth-order valence-corrected chi connectivity index (χ4v) is 4.84. The van der Waals surface area contributed by atoms with Gasteiger partial charge < -0.3 is 9.64 Å². The quantitative estimate of drug-likeness (QED) is 0.851. The molecule has 3 heteroatoms. The van der Waals surface area contributed by atoms with E-state index in [-0.39, 0.29) is 11.7 Å². The number of ether oxygens (including phenoxy) is 1. The molecule has 0 saturated carbocycles. The van der Waals surface area contributed by atoms with Crippen LogP contribution >= 0.6 is 0 Å². The minimum absolute atomic E-state index is 0.112. The number of para-hydroxylation sites is 1. The highest BCUT2D eigenvalue weighted by molar-refractivity contribution is 6.01. The van der Waals surface area contributed by atoms with E-state index in [9.17, 15) is 4.79 Å². The molecule has 25 heavy (non-hydrogen) atoms. The molecule has 3 nitrogen and oxygen atoms in total. The van der Waals surface area contributed by atoms with E-state index in [0.29, 0.717) is 11.8 Å². The van der Waals surface area contributed by atoms with Gasteiger partial charge in [0.05, 0.1) is 32.7 Å². The third-order valence-corrected chi connectivity index (χ3v) is 6.11. The van der Waals surface area contributed by atoms with Gasteiger partial charge in [0.15, 0.2) is 5.78 Å². The van der Waals surface area contributed by atoms with Crippen LogP contribution in [0.15, 0.2) is 54.6 Å². The van der Waals surface area contributed by atoms with Crippen molar-refractivity contribution in [1.29, 1.82) is 0 Å². The van der Waals surface area contributed by atoms with Gasteiger partial charge in [-0.15, -0.1) is 0 Å². The number of nitrogens with one attached hydrogen (secondary N) is 1. The molecule has 0 unspecified atom stereocenters. The molecule has 3 aliphatic heterocycles. The number of benzene rings is 2. The number of quaternary nitrogens is 1. The van der Waals surface area contributed by atoms with Gasteiger partial charge in [-0.1, -0.05) is 48.5 Å².